The maximum absolute atomic E-state index is 12.1. The number of nitrogens with one attached hydrogen (secondary N) is 1. The van der Waals surface area contributed by atoms with Crippen LogP contribution in [0.1, 0.15) is 18.2 Å². The average molecular weight is 499 g/mol. The fraction of sp³-hybridized carbons (Fsp3) is 0.375. The minimum atomic E-state index is -4.73. The summed E-state index contributed by atoms with van der Waals surface area (Å²) in [7, 11) is 3.33. The van der Waals surface area contributed by atoms with Crippen molar-refractivity contribution in [2.45, 2.75) is 26.3 Å². The fourth-order valence-corrected chi connectivity index (χ4v) is 2.40. The molecule has 0 unspecified atom stereocenters. The Labute approximate surface area is 171 Å². The summed E-state index contributed by atoms with van der Waals surface area (Å²) in [5.41, 5.74) is 8.01. The lowest BCUT2D eigenvalue weighted by molar-refractivity contribution is -0.274. The SMILES string of the molecule is CCc1nn(C)c(OC)c1CN=C(N)Nc1ccc(OC(F)(F)F)cc1.I. The lowest BCUT2D eigenvalue weighted by atomic mass is 10.2. The standard InChI is InChI=1S/C16H20F3N5O2.HI/c1-4-13-12(14(25-3)24(2)23-13)9-21-15(20)22-10-5-7-11(8-6-10)26-16(17,18)19;/h5-8H,4,9H2,1-3H3,(H3,20,21,22);1H. The van der Waals surface area contributed by atoms with Crippen LogP contribution >= 0.6 is 24.0 Å². The molecule has 1 heterocycles. The van der Waals surface area contributed by atoms with Gasteiger partial charge in [-0.3, -0.25) is 0 Å². The van der Waals surface area contributed by atoms with Crippen LogP contribution in [0.25, 0.3) is 0 Å². The molecule has 0 spiro atoms. The maximum Gasteiger partial charge on any atom is 0.573 e. The molecule has 7 nitrogen and oxygen atoms in total. The third-order valence-electron chi connectivity index (χ3n) is 3.47. The molecule has 0 radical (unpaired) electrons. The van der Waals surface area contributed by atoms with Crippen molar-refractivity contribution < 1.29 is 22.6 Å². The van der Waals surface area contributed by atoms with Crippen LogP contribution < -0.4 is 20.5 Å². The third-order valence-corrected chi connectivity index (χ3v) is 3.47. The van der Waals surface area contributed by atoms with Crippen molar-refractivity contribution in [3.63, 3.8) is 0 Å². The summed E-state index contributed by atoms with van der Waals surface area (Å²) in [4.78, 5) is 4.24. The van der Waals surface area contributed by atoms with Gasteiger partial charge in [0, 0.05) is 12.7 Å². The number of rotatable bonds is 6. The zero-order valence-corrected chi connectivity index (χ0v) is 17.3. The second-order valence-corrected chi connectivity index (χ2v) is 5.31. The van der Waals surface area contributed by atoms with Crippen molar-refractivity contribution in [3.05, 3.63) is 35.5 Å². The molecule has 0 amide bonds. The molecule has 0 atom stereocenters. The molecule has 27 heavy (non-hydrogen) atoms. The van der Waals surface area contributed by atoms with Crippen LogP contribution in [0.5, 0.6) is 11.6 Å². The maximum atomic E-state index is 12.1. The molecule has 0 aliphatic rings. The van der Waals surface area contributed by atoms with Crippen molar-refractivity contribution in [3.8, 4) is 11.6 Å². The quantitative estimate of drug-likeness (QED) is 0.362. The number of benzene rings is 1. The molecular weight excluding hydrogens is 478 g/mol. The highest BCUT2D eigenvalue weighted by Crippen LogP contribution is 2.24. The Balaban J connectivity index is 0.00000364. The van der Waals surface area contributed by atoms with Crippen molar-refractivity contribution in [2.75, 3.05) is 12.4 Å². The van der Waals surface area contributed by atoms with E-state index in [9.17, 15) is 13.2 Å². The van der Waals surface area contributed by atoms with E-state index in [4.69, 9.17) is 10.5 Å². The highest BCUT2D eigenvalue weighted by molar-refractivity contribution is 14.0. The topological polar surface area (TPSA) is 86.7 Å². The van der Waals surface area contributed by atoms with Crippen LogP contribution in [0.15, 0.2) is 29.3 Å². The number of nitrogens with two attached hydrogens (primary N) is 1. The molecule has 0 fully saturated rings. The zero-order chi connectivity index (χ0) is 19.3. The molecule has 0 bridgehead atoms. The van der Waals surface area contributed by atoms with E-state index in [1.54, 1.807) is 18.8 Å². The van der Waals surface area contributed by atoms with Gasteiger partial charge >= 0.3 is 6.36 Å². The Morgan fingerprint density at radius 2 is 1.93 bits per heavy atom. The van der Waals surface area contributed by atoms with Crippen LogP contribution in [-0.4, -0.2) is 29.2 Å². The monoisotopic (exact) mass is 499 g/mol. The molecule has 3 N–H and O–H groups in total. The molecule has 0 saturated heterocycles. The summed E-state index contributed by atoms with van der Waals surface area (Å²) in [5.74, 6) is 0.403. The van der Waals surface area contributed by atoms with Crippen LogP contribution in [0.4, 0.5) is 18.9 Å². The number of aliphatic imine (C=N–C) groups is 1. The number of nitrogens with zero attached hydrogens (tertiary/aromatic N) is 3. The van der Waals surface area contributed by atoms with E-state index < -0.39 is 6.36 Å². The molecule has 2 aromatic rings. The van der Waals surface area contributed by atoms with E-state index in [1.165, 1.54) is 24.3 Å². The predicted molar refractivity (Wildman–Crippen MR) is 107 cm³/mol. The Morgan fingerprint density at radius 1 is 1.30 bits per heavy atom. The van der Waals surface area contributed by atoms with Gasteiger partial charge in [0.15, 0.2) is 5.96 Å². The van der Waals surface area contributed by atoms with Crippen molar-refractivity contribution in [1.29, 1.82) is 0 Å². The number of hydrogen-bond acceptors (Lipinski definition) is 4. The summed E-state index contributed by atoms with van der Waals surface area (Å²) in [6.45, 7) is 2.23. The number of aromatic nitrogens is 2. The second-order valence-electron chi connectivity index (χ2n) is 5.31. The van der Waals surface area contributed by atoms with Gasteiger partial charge in [-0.15, -0.1) is 37.1 Å². The highest BCUT2D eigenvalue weighted by Gasteiger charge is 2.30. The first-order valence-corrected chi connectivity index (χ1v) is 7.75. The van der Waals surface area contributed by atoms with E-state index in [0.29, 0.717) is 11.6 Å². The van der Waals surface area contributed by atoms with Gasteiger partial charge < -0.3 is 20.5 Å². The number of hydrogen-bond donors (Lipinski definition) is 2. The summed E-state index contributed by atoms with van der Waals surface area (Å²) in [6.07, 6.45) is -4.01. The molecule has 1 aromatic carbocycles. The molecule has 2 rings (SSSR count). The lowest BCUT2D eigenvalue weighted by Gasteiger charge is -2.10. The third kappa shape index (κ3) is 6.48. The number of anilines is 1. The van der Waals surface area contributed by atoms with E-state index >= 15 is 0 Å². The van der Waals surface area contributed by atoms with E-state index in [-0.39, 0.29) is 42.2 Å². The molecule has 150 valence electrons. The van der Waals surface area contributed by atoms with Crippen LogP contribution in [0.2, 0.25) is 0 Å². The number of aryl methyl sites for hydroxylation is 2. The summed E-state index contributed by atoms with van der Waals surface area (Å²) >= 11 is 0. The minimum Gasteiger partial charge on any atom is -0.481 e. The Kier molecular flexibility index (Phi) is 8.19. The second kappa shape index (κ2) is 9.67. The smallest absolute Gasteiger partial charge is 0.481 e. The van der Waals surface area contributed by atoms with Crippen LogP contribution in [-0.2, 0) is 20.0 Å². The number of ether oxygens (including phenoxy) is 2. The highest BCUT2D eigenvalue weighted by atomic mass is 127. The molecule has 11 heteroatoms. The molecular formula is C16H21F3IN5O2. The summed E-state index contributed by atoms with van der Waals surface area (Å²) < 4.78 is 47.2. The van der Waals surface area contributed by atoms with Gasteiger partial charge in [0.05, 0.1) is 24.9 Å². The Morgan fingerprint density at radius 3 is 2.44 bits per heavy atom. The number of alkyl halides is 3. The summed E-state index contributed by atoms with van der Waals surface area (Å²) in [5, 5.41) is 7.16. The molecule has 0 aliphatic heterocycles. The van der Waals surface area contributed by atoms with Gasteiger partial charge in [-0.2, -0.15) is 5.10 Å². The Hall–Kier alpha value is -2.18. The van der Waals surface area contributed by atoms with Gasteiger partial charge in [0.1, 0.15) is 5.75 Å². The predicted octanol–water partition coefficient (Wildman–Crippen LogP) is 3.43. The van der Waals surface area contributed by atoms with Crippen molar-refractivity contribution >= 4 is 35.6 Å². The molecule has 0 aliphatic carbocycles. The van der Waals surface area contributed by atoms with Gasteiger partial charge in [-0.1, -0.05) is 6.92 Å². The minimum absolute atomic E-state index is 0. The largest absolute Gasteiger partial charge is 0.573 e. The summed E-state index contributed by atoms with van der Waals surface area (Å²) in [6, 6.07) is 5.18. The Bertz CT molecular complexity index is 776. The number of methoxy groups -OCH3 is 1. The van der Waals surface area contributed by atoms with Crippen LogP contribution in [0.3, 0.4) is 0 Å². The first-order valence-electron chi connectivity index (χ1n) is 7.75. The van der Waals surface area contributed by atoms with Crippen LogP contribution in [0, 0.1) is 0 Å². The number of halogens is 4. The zero-order valence-electron chi connectivity index (χ0n) is 15.0. The van der Waals surface area contributed by atoms with E-state index in [1.807, 2.05) is 6.92 Å². The molecule has 0 saturated carbocycles. The van der Waals surface area contributed by atoms with Gasteiger partial charge in [-0.25, -0.2) is 9.67 Å². The van der Waals surface area contributed by atoms with E-state index in [0.717, 1.165) is 17.7 Å². The van der Waals surface area contributed by atoms with Gasteiger partial charge in [-0.05, 0) is 30.7 Å². The first-order chi connectivity index (χ1) is 12.2. The number of guanidine groups is 1. The van der Waals surface area contributed by atoms with Crippen molar-refractivity contribution in [2.24, 2.45) is 17.8 Å². The first kappa shape index (κ1) is 22.9. The average Bonchev–Trinajstić information content (AvgIpc) is 2.88. The fourth-order valence-electron chi connectivity index (χ4n) is 2.40. The normalized spacial score (nSPS) is 11.7. The van der Waals surface area contributed by atoms with Gasteiger partial charge in [0.2, 0.25) is 5.88 Å². The van der Waals surface area contributed by atoms with E-state index in [2.05, 4.69) is 20.1 Å². The molecule has 1 aromatic heterocycles. The van der Waals surface area contributed by atoms with Crippen molar-refractivity contribution in [1.82, 2.24) is 9.78 Å². The van der Waals surface area contributed by atoms with Gasteiger partial charge in [0.25, 0.3) is 0 Å². The lowest BCUT2D eigenvalue weighted by Crippen LogP contribution is -2.22.